The molecule has 0 bridgehead atoms. The molecule has 0 aromatic heterocycles. The molecule has 18 heavy (non-hydrogen) atoms. The van der Waals surface area contributed by atoms with Crippen molar-refractivity contribution in [1.29, 1.82) is 0 Å². The van der Waals surface area contributed by atoms with Crippen molar-refractivity contribution < 1.29 is 9.13 Å². The van der Waals surface area contributed by atoms with Crippen molar-refractivity contribution in [3.05, 3.63) is 77.9 Å². The summed E-state index contributed by atoms with van der Waals surface area (Å²) in [4.78, 5) is 0. The minimum atomic E-state index is -0.222. The molecule has 0 saturated heterocycles. The van der Waals surface area contributed by atoms with Crippen molar-refractivity contribution >= 4 is 6.08 Å². The van der Waals surface area contributed by atoms with E-state index in [0.717, 1.165) is 5.57 Å². The van der Waals surface area contributed by atoms with Crippen LogP contribution in [0.3, 0.4) is 0 Å². The Morgan fingerprint density at radius 1 is 1.28 bits per heavy atom. The van der Waals surface area contributed by atoms with Crippen LogP contribution in [0.1, 0.15) is 12.5 Å². The van der Waals surface area contributed by atoms with Gasteiger partial charge in [-0.3, -0.25) is 0 Å². The maximum absolute atomic E-state index is 13.3. The summed E-state index contributed by atoms with van der Waals surface area (Å²) in [5.74, 6) is 0.467. The lowest BCUT2D eigenvalue weighted by Gasteiger charge is -1.97. The number of rotatable bonds is 5. The summed E-state index contributed by atoms with van der Waals surface area (Å²) in [5.41, 5.74) is 1.57. The van der Waals surface area contributed by atoms with Crippen molar-refractivity contribution in [1.82, 2.24) is 0 Å². The molecule has 0 atom stereocenters. The fourth-order valence-corrected chi connectivity index (χ4v) is 1.32. The lowest BCUT2D eigenvalue weighted by atomic mass is 10.1. The first-order valence-electron chi connectivity index (χ1n) is 5.65. The average molecular weight is 244 g/mol. The van der Waals surface area contributed by atoms with Gasteiger partial charge in [0.05, 0.1) is 7.11 Å². The zero-order valence-electron chi connectivity index (χ0n) is 10.7. The molecule has 0 aliphatic rings. The van der Waals surface area contributed by atoms with E-state index in [0.29, 0.717) is 11.3 Å². The van der Waals surface area contributed by atoms with Gasteiger partial charge in [0.1, 0.15) is 11.6 Å². The third kappa shape index (κ3) is 4.42. The summed E-state index contributed by atoms with van der Waals surface area (Å²) < 4.78 is 18.4. The molecule has 0 aliphatic heterocycles. The van der Waals surface area contributed by atoms with Crippen molar-refractivity contribution in [2.75, 3.05) is 7.11 Å². The Morgan fingerprint density at radius 3 is 2.61 bits per heavy atom. The third-order valence-electron chi connectivity index (χ3n) is 2.38. The van der Waals surface area contributed by atoms with Crippen LogP contribution in [-0.4, -0.2) is 7.11 Å². The van der Waals surface area contributed by atoms with Crippen LogP contribution in [0.25, 0.3) is 6.08 Å². The Labute approximate surface area is 108 Å². The zero-order chi connectivity index (χ0) is 13.4. The first-order chi connectivity index (χ1) is 8.67. The third-order valence-corrected chi connectivity index (χ3v) is 2.38. The van der Waals surface area contributed by atoms with Gasteiger partial charge in [-0.25, -0.2) is 4.39 Å². The predicted octanol–water partition coefficient (Wildman–Crippen LogP) is 4.50. The molecular weight excluding hydrogens is 227 g/mol. The Bertz CT molecular complexity index is 496. The van der Waals surface area contributed by atoms with E-state index in [2.05, 4.69) is 6.58 Å². The molecule has 1 rings (SSSR count). The van der Waals surface area contributed by atoms with Gasteiger partial charge in [0, 0.05) is 5.56 Å². The predicted molar refractivity (Wildman–Crippen MR) is 74.5 cm³/mol. The van der Waals surface area contributed by atoms with Gasteiger partial charge in [0.2, 0.25) is 0 Å². The van der Waals surface area contributed by atoms with E-state index in [1.165, 1.54) is 6.07 Å². The maximum Gasteiger partial charge on any atom is 0.130 e. The minimum Gasteiger partial charge on any atom is -0.497 e. The molecule has 0 fully saturated rings. The molecule has 2 heteroatoms. The second kappa shape index (κ2) is 7.28. The van der Waals surface area contributed by atoms with Gasteiger partial charge in [0.15, 0.2) is 0 Å². The molecule has 0 aliphatic carbocycles. The summed E-state index contributed by atoms with van der Waals surface area (Å²) in [5, 5.41) is 0. The lowest BCUT2D eigenvalue weighted by molar-refractivity contribution is 0.307. The molecule has 0 unspecified atom stereocenters. The average Bonchev–Trinajstić information content (AvgIpc) is 2.39. The highest BCUT2D eigenvalue weighted by Crippen LogP contribution is 2.10. The molecule has 1 aromatic rings. The maximum atomic E-state index is 13.3. The normalized spacial score (nSPS) is 12.8. The van der Waals surface area contributed by atoms with Crippen LogP contribution in [0.5, 0.6) is 0 Å². The Kier molecular flexibility index (Phi) is 5.65. The number of hydrogen-bond acceptors (Lipinski definition) is 1. The Hall–Kier alpha value is -2.09. The molecule has 1 nitrogen and oxygen atoms in total. The molecule has 0 saturated carbocycles. The molecule has 0 spiro atoms. The van der Waals surface area contributed by atoms with Gasteiger partial charge in [0.25, 0.3) is 0 Å². The number of ether oxygens (including phenoxy) is 1. The van der Waals surface area contributed by atoms with Crippen molar-refractivity contribution in [2.24, 2.45) is 0 Å². The van der Waals surface area contributed by atoms with E-state index < -0.39 is 0 Å². The van der Waals surface area contributed by atoms with Crippen molar-refractivity contribution in [3.63, 3.8) is 0 Å². The summed E-state index contributed by atoms with van der Waals surface area (Å²) in [7, 11) is 1.59. The molecule has 94 valence electrons. The SMILES string of the molecule is C=C\C(=C/C=C(C)/C=C/c1ccccc1F)OC. The number of methoxy groups -OCH3 is 1. The topological polar surface area (TPSA) is 9.23 Å². The van der Waals surface area contributed by atoms with Crippen LogP contribution in [0.15, 0.2) is 66.5 Å². The highest BCUT2D eigenvalue weighted by molar-refractivity contribution is 5.53. The lowest BCUT2D eigenvalue weighted by Crippen LogP contribution is -1.80. The highest BCUT2D eigenvalue weighted by Gasteiger charge is 1.94. The first-order valence-corrected chi connectivity index (χ1v) is 5.65. The highest BCUT2D eigenvalue weighted by atomic mass is 19.1. The smallest absolute Gasteiger partial charge is 0.130 e. The molecule has 0 N–H and O–H groups in total. The standard InChI is InChI=1S/C16H17FO/c1-4-15(18-3)12-10-13(2)9-11-14-7-5-6-8-16(14)17/h4-12H,1H2,2-3H3/b11-9+,13-10+,15-12+. The van der Waals surface area contributed by atoms with Crippen LogP contribution < -0.4 is 0 Å². The summed E-state index contributed by atoms with van der Waals surface area (Å²) >= 11 is 0. The number of halogens is 1. The number of benzene rings is 1. The van der Waals surface area contributed by atoms with Gasteiger partial charge >= 0.3 is 0 Å². The second-order valence-electron chi connectivity index (χ2n) is 3.74. The number of hydrogen-bond donors (Lipinski definition) is 0. The first kappa shape index (κ1) is 14.0. The summed E-state index contributed by atoms with van der Waals surface area (Å²) in [6.07, 6.45) is 8.93. The van der Waals surface area contributed by atoms with E-state index in [1.807, 2.05) is 31.2 Å². The number of allylic oxidation sites excluding steroid dienone is 5. The van der Waals surface area contributed by atoms with E-state index in [4.69, 9.17) is 4.74 Å². The van der Waals surface area contributed by atoms with Gasteiger partial charge in [-0.15, -0.1) is 0 Å². The quantitative estimate of drug-likeness (QED) is 0.547. The Morgan fingerprint density at radius 2 is 2.00 bits per heavy atom. The van der Waals surface area contributed by atoms with Crippen LogP contribution in [-0.2, 0) is 4.74 Å². The zero-order valence-corrected chi connectivity index (χ0v) is 10.7. The second-order valence-corrected chi connectivity index (χ2v) is 3.74. The molecule has 0 heterocycles. The van der Waals surface area contributed by atoms with Crippen LogP contribution in [0, 0.1) is 5.82 Å². The molecule has 1 aromatic carbocycles. The fourth-order valence-electron chi connectivity index (χ4n) is 1.32. The van der Waals surface area contributed by atoms with Crippen LogP contribution >= 0.6 is 0 Å². The van der Waals surface area contributed by atoms with Gasteiger partial charge < -0.3 is 4.74 Å². The Balaban J connectivity index is 2.79. The van der Waals surface area contributed by atoms with Crippen molar-refractivity contribution in [3.8, 4) is 0 Å². The van der Waals surface area contributed by atoms with E-state index >= 15 is 0 Å². The monoisotopic (exact) mass is 244 g/mol. The van der Waals surface area contributed by atoms with Crippen LogP contribution in [0.2, 0.25) is 0 Å². The van der Waals surface area contributed by atoms with E-state index in [9.17, 15) is 4.39 Å². The fraction of sp³-hybridized carbons (Fsp3) is 0.125. The molecule has 0 radical (unpaired) electrons. The molecular formula is C16H17FO. The summed E-state index contributed by atoms with van der Waals surface area (Å²) in [6.45, 7) is 5.56. The van der Waals surface area contributed by atoms with E-state index in [1.54, 1.807) is 31.4 Å². The summed E-state index contributed by atoms with van der Waals surface area (Å²) in [6, 6.07) is 6.66. The minimum absolute atomic E-state index is 0.222. The van der Waals surface area contributed by atoms with E-state index in [-0.39, 0.29) is 5.82 Å². The van der Waals surface area contributed by atoms with Crippen molar-refractivity contribution in [2.45, 2.75) is 6.92 Å². The largest absolute Gasteiger partial charge is 0.497 e. The molecule has 0 amide bonds. The van der Waals surface area contributed by atoms with Crippen LogP contribution in [0.4, 0.5) is 4.39 Å². The van der Waals surface area contributed by atoms with Gasteiger partial charge in [-0.05, 0) is 25.1 Å². The van der Waals surface area contributed by atoms with Gasteiger partial charge in [-0.2, -0.15) is 0 Å². The van der Waals surface area contributed by atoms with Gasteiger partial charge in [-0.1, -0.05) is 48.6 Å².